The second kappa shape index (κ2) is 9.88. The fraction of sp³-hybridized carbons (Fsp3) is 0.737. The third-order valence-corrected chi connectivity index (χ3v) is 6.26. The Bertz CT molecular complexity index is 995. The Labute approximate surface area is 195 Å². The van der Waals surface area contributed by atoms with Gasteiger partial charge in [-0.1, -0.05) is 27.7 Å². The largest absolute Gasteiger partial charge is 0.595 e. The molecule has 1 unspecified atom stereocenters. The Hall–Kier alpha value is -2.09. The second-order valence-corrected chi connectivity index (χ2v) is 9.86. The Morgan fingerprint density at radius 1 is 1.44 bits per heavy atom. The Morgan fingerprint density at radius 2 is 2.00 bits per heavy atom. The molecule has 6 atom stereocenters. The van der Waals surface area contributed by atoms with Gasteiger partial charge >= 0.3 is 17.4 Å². The maximum Gasteiger partial charge on any atom is 0.363 e. The van der Waals surface area contributed by atoms with Crippen LogP contribution >= 0.6 is 8.09 Å². The molecule has 12 nitrogen and oxygen atoms in total. The van der Waals surface area contributed by atoms with Gasteiger partial charge in [0.15, 0.2) is 18.0 Å². The van der Waals surface area contributed by atoms with Crippen LogP contribution in [0.4, 0.5) is 14.6 Å². The molecule has 192 valence electrons. The molecule has 0 bridgehead atoms. The SMILES string of the molecule is CC(C)C(C(C)C)[C@@](N=[P+](N)[O-])(OC[C@@]1(F)O[C@@H](n2ccc(N)nc2=O)[C@](C)(F)[C@@H]1O)C(=O)O. The number of carboxylic acids is 1. The predicted molar refractivity (Wildman–Crippen MR) is 115 cm³/mol. The molecule has 0 aromatic carbocycles. The molecule has 6 N–H and O–H groups in total. The van der Waals surface area contributed by atoms with Crippen molar-refractivity contribution >= 4 is 19.9 Å². The average molecular weight is 509 g/mol. The highest BCUT2D eigenvalue weighted by molar-refractivity contribution is 7.36. The summed E-state index contributed by atoms with van der Waals surface area (Å²) < 4.78 is 45.9. The van der Waals surface area contributed by atoms with Crippen molar-refractivity contribution in [3.8, 4) is 0 Å². The van der Waals surface area contributed by atoms with Crippen LogP contribution < -0.4 is 21.8 Å². The second-order valence-electron chi connectivity index (χ2n) is 9.06. The number of hydrogen-bond donors (Lipinski definition) is 4. The number of carboxylic acid groups (broad SMARTS) is 1. The summed E-state index contributed by atoms with van der Waals surface area (Å²) in [5, 5.41) is 20.4. The van der Waals surface area contributed by atoms with Gasteiger partial charge < -0.3 is 30.3 Å². The number of aliphatic carboxylic acids is 1. The van der Waals surface area contributed by atoms with Gasteiger partial charge in [0, 0.05) is 12.1 Å². The van der Waals surface area contributed by atoms with Gasteiger partial charge in [-0.25, -0.2) is 18.4 Å². The minimum Gasteiger partial charge on any atom is -0.595 e. The van der Waals surface area contributed by atoms with E-state index in [-0.39, 0.29) is 5.82 Å². The smallest absolute Gasteiger partial charge is 0.363 e. The van der Waals surface area contributed by atoms with E-state index < -0.39 is 73.7 Å². The van der Waals surface area contributed by atoms with Gasteiger partial charge in [0.2, 0.25) is 0 Å². The number of aliphatic hydroxyl groups excluding tert-OH is 1. The van der Waals surface area contributed by atoms with Crippen LogP contribution in [0.15, 0.2) is 21.8 Å². The highest BCUT2D eigenvalue weighted by atomic mass is 31.1. The third-order valence-electron chi connectivity index (χ3n) is 5.77. The summed E-state index contributed by atoms with van der Waals surface area (Å²) in [5.41, 5.74) is 4.14. The van der Waals surface area contributed by atoms with Crippen molar-refractivity contribution in [2.45, 2.75) is 64.2 Å². The zero-order valence-electron chi connectivity index (χ0n) is 19.4. The number of ether oxygens (including phenoxy) is 2. The number of nitrogens with two attached hydrogens (primary N) is 2. The van der Waals surface area contributed by atoms with E-state index in [1.54, 1.807) is 27.7 Å². The quantitative estimate of drug-likeness (QED) is 0.343. The first-order valence-electron chi connectivity index (χ1n) is 10.4. The molecule has 1 aliphatic rings. The molecule has 2 rings (SSSR count). The molecule has 0 saturated carbocycles. The van der Waals surface area contributed by atoms with Crippen LogP contribution in [-0.2, 0) is 14.3 Å². The van der Waals surface area contributed by atoms with Crippen LogP contribution in [0.25, 0.3) is 0 Å². The summed E-state index contributed by atoms with van der Waals surface area (Å²) >= 11 is 0. The molecule has 0 radical (unpaired) electrons. The highest BCUT2D eigenvalue weighted by Gasteiger charge is 2.66. The zero-order valence-corrected chi connectivity index (χ0v) is 20.3. The van der Waals surface area contributed by atoms with Crippen molar-refractivity contribution in [1.29, 1.82) is 0 Å². The minimum absolute atomic E-state index is 0.174. The highest BCUT2D eigenvalue weighted by Crippen LogP contribution is 2.48. The lowest BCUT2D eigenvalue weighted by Gasteiger charge is -2.38. The maximum atomic E-state index is 15.8. The van der Waals surface area contributed by atoms with E-state index in [2.05, 4.69) is 9.73 Å². The number of hydrogen-bond acceptors (Lipinski definition) is 9. The number of carbonyl (C=O) groups is 1. The van der Waals surface area contributed by atoms with Crippen molar-refractivity contribution in [3.05, 3.63) is 22.7 Å². The lowest BCUT2D eigenvalue weighted by atomic mass is 9.77. The number of rotatable bonds is 9. The van der Waals surface area contributed by atoms with Crippen LogP contribution in [0.2, 0.25) is 0 Å². The Kier molecular flexibility index (Phi) is 8.18. The molecule has 34 heavy (non-hydrogen) atoms. The summed E-state index contributed by atoms with van der Waals surface area (Å²) in [6, 6.07) is 1.14. The summed E-state index contributed by atoms with van der Waals surface area (Å²) in [6.45, 7) is 6.09. The summed E-state index contributed by atoms with van der Waals surface area (Å²) in [5.74, 6) is -7.00. The first-order chi connectivity index (χ1) is 15.5. The topological polar surface area (TPSA) is 198 Å². The fourth-order valence-corrected chi connectivity index (χ4v) is 5.00. The molecule has 1 fully saturated rings. The fourth-order valence-electron chi connectivity index (χ4n) is 4.43. The Morgan fingerprint density at radius 3 is 2.44 bits per heavy atom. The van der Waals surface area contributed by atoms with Gasteiger partial charge in [-0.2, -0.15) is 4.98 Å². The molecular formula is C19H30F2N5O7P. The molecule has 0 spiro atoms. The van der Waals surface area contributed by atoms with Gasteiger partial charge in [0.1, 0.15) is 12.4 Å². The van der Waals surface area contributed by atoms with E-state index in [1.807, 2.05) is 0 Å². The van der Waals surface area contributed by atoms with Crippen molar-refractivity contribution in [3.63, 3.8) is 0 Å². The van der Waals surface area contributed by atoms with Crippen LogP contribution in [-0.4, -0.2) is 55.7 Å². The van der Waals surface area contributed by atoms with Gasteiger partial charge in [-0.05, 0) is 29.6 Å². The minimum atomic E-state index is -3.33. The Balaban J connectivity index is 2.51. The van der Waals surface area contributed by atoms with E-state index in [0.717, 1.165) is 19.2 Å². The van der Waals surface area contributed by atoms with Gasteiger partial charge in [-0.15, -0.1) is 5.50 Å². The zero-order chi connectivity index (χ0) is 26.2. The number of nitrogen functional groups attached to an aromatic ring is 1. The third kappa shape index (κ3) is 5.11. The van der Waals surface area contributed by atoms with E-state index in [4.69, 9.17) is 20.7 Å². The van der Waals surface area contributed by atoms with Crippen molar-refractivity contribution in [2.75, 3.05) is 12.3 Å². The maximum absolute atomic E-state index is 15.8. The molecule has 1 aromatic rings. The van der Waals surface area contributed by atoms with E-state index in [9.17, 15) is 24.7 Å². The number of nitrogens with zero attached hydrogens (tertiary/aromatic N) is 3. The molecular weight excluding hydrogens is 479 g/mol. The van der Waals surface area contributed by atoms with Gasteiger partial charge in [0.05, 0.1) is 0 Å². The molecule has 0 amide bonds. The van der Waals surface area contributed by atoms with Crippen LogP contribution in [0.1, 0.15) is 40.8 Å². The van der Waals surface area contributed by atoms with E-state index >= 15 is 8.78 Å². The summed E-state index contributed by atoms with van der Waals surface area (Å²) in [7, 11) is -2.92. The van der Waals surface area contributed by atoms with Crippen LogP contribution in [0.5, 0.6) is 0 Å². The van der Waals surface area contributed by atoms with E-state index in [1.165, 1.54) is 0 Å². The number of alkyl halides is 2. The van der Waals surface area contributed by atoms with Crippen molar-refractivity contribution in [1.82, 2.24) is 9.55 Å². The number of anilines is 1. The van der Waals surface area contributed by atoms with Crippen molar-refractivity contribution < 1.29 is 38.2 Å². The van der Waals surface area contributed by atoms with Gasteiger partial charge in [-0.3, -0.25) is 4.57 Å². The lowest BCUT2D eigenvalue weighted by molar-refractivity contribution is -0.247. The van der Waals surface area contributed by atoms with Crippen LogP contribution in [0.3, 0.4) is 0 Å². The molecule has 1 aliphatic heterocycles. The monoisotopic (exact) mass is 509 g/mol. The molecule has 0 aliphatic carbocycles. The lowest BCUT2D eigenvalue weighted by Crippen LogP contribution is -2.55. The molecule has 1 saturated heterocycles. The first-order valence-corrected chi connectivity index (χ1v) is 11.7. The van der Waals surface area contributed by atoms with Crippen LogP contribution in [0, 0.1) is 17.8 Å². The first kappa shape index (κ1) is 28.1. The standard InChI is InChI=1S/C19H30F2N5O7P/c1-9(2)12(10(3)4)19(15(28)29,25-34(23)31)32-8-18(21)13(27)17(5,20)14(33-18)26-7-6-11(22)24-16(26)30/h6-7,9-10,12-14,27H,8H2,1-5H3,(H2,23,25)(H,28,29)(H2,22,24,30)/t13-,14+,17+,18+,19+/m0/s1. The average Bonchev–Trinajstić information content (AvgIpc) is 2.85. The molecule has 2 heterocycles. The predicted octanol–water partition coefficient (Wildman–Crippen LogP) is 0.649. The van der Waals surface area contributed by atoms with E-state index in [0.29, 0.717) is 4.57 Å². The number of aromatic nitrogens is 2. The number of halogens is 2. The van der Waals surface area contributed by atoms with Crippen molar-refractivity contribution in [2.24, 2.45) is 28.0 Å². The number of aliphatic hydroxyl groups is 1. The summed E-state index contributed by atoms with van der Waals surface area (Å²) in [4.78, 5) is 39.7. The summed E-state index contributed by atoms with van der Waals surface area (Å²) in [6.07, 6.45) is -3.51. The normalized spacial score (nSPS) is 29.7. The molecule has 15 heteroatoms. The van der Waals surface area contributed by atoms with Gasteiger partial charge in [0.25, 0.3) is 13.9 Å². The molecule has 1 aromatic heterocycles.